The van der Waals surface area contributed by atoms with Crippen LogP contribution in [0.5, 0.6) is 0 Å². The maximum absolute atomic E-state index is 4.27. The average molecular weight is 976 g/mol. The van der Waals surface area contributed by atoms with E-state index in [-0.39, 0.29) is 0 Å². The Balaban J connectivity index is 3.22. The summed E-state index contributed by atoms with van der Waals surface area (Å²) in [6.07, 6.45) is 0. The van der Waals surface area contributed by atoms with E-state index in [0.29, 0.717) is 66.5 Å². The lowest BCUT2D eigenvalue weighted by atomic mass is 9.84. The van der Waals surface area contributed by atoms with Gasteiger partial charge in [-0.05, 0) is 84.2 Å². The van der Waals surface area contributed by atoms with Gasteiger partial charge in [0.2, 0.25) is 0 Å². The van der Waals surface area contributed by atoms with Crippen LogP contribution in [0.25, 0.3) is 11.1 Å². The minimum absolute atomic E-state index is 0.458. The fourth-order valence-electron chi connectivity index (χ4n) is 13.3. The van der Waals surface area contributed by atoms with Gasteiger partial charge in [0.05, 0.1) is 22.3 Å². The van der Waals surface area contributed by atoms with Gasteiger partial charge in [-0.15, -0.1) is 22.2 Å². The molecule has 0 N–H and O–H groups in total. The largest absolute Gasteiger partial charge is 0.146 e. The molecule has 0 bridgehead atoms. The van der Waals surface area contributed by atoms with E-state index >= 15 is 0 Å². The highest BCUT2D eigenvalue weighted by Gasteiger charge is 2.45. The molecule has 0 nitrogen and oxygen atoms in total. The highest BCUT2D eigenvalue weighted by atomic mass is 28.3. The van der Waals surface area contributed by atoms with Crippen molar-refractivity contribution in [2.45, 2.75) is 233 Å². The second-order valence-corrected chi connectivity index (χ2v) is 46.1. The van der Waals surface area contributed by atoms with Crippen LogP contribution in [0.4, 0.5) is 0 Å². The smallest absolute Gasteiger partial charge is 0.125 e. The summed E-state index contributed by atoms with van der Waals surface area (Å²) in [6.45, 7) is 58.1. The minimum Gasteiger partial charge on any atom is -0.125 e. The third-order valence-electron chi connectivity index (χ3n) is 16.7. The van der Waals surface area contributed by atoms with Gasteiger partial charge in [0.1, 0.15) is 32.3 Å². The fraction of sp³-hybridized carbons (Fsp3) is 0.562. The first kappa shape index (κ1) is 58.6. The van der Waals surface area contributed by atoms with Gasteiger partial charge in [0.15, 0.2) is 0 Å². The Morgan fingerprint density at radius 2 is 0.471 bits per heavy atom. The van der Waals surface area contributed by atoms with E-state index in [1.165, 1.54) is 0 Å². The Hall–Kier alpha value is -3.67. The van der Waals surface area contributed by atoms with E-state index in [0.717, 1.165) is 44.5 Å². The van der Waals surface area contributed by atoms with Crippen molar-refractivity contribution in [1.29, 1.82) is 0 Å². The molecule has 0 heterocycles. The topological polar surface area (TPSA) is 0 Å². The van der Waals surface area contributed by atoms with Crippen molar-refractivity contribution >= 4 is 32.3 Å². The molecule has 68 heavy (non-hydrogen) atoms. The standard InChI is InChI=1S/C64H94Si4/c1-45(2)65(46(3)4,47(5)6)41-37-59-60(38-42-66(48(7)8,49(9)10)50(11)12)62(36-35-57-31-27-25-28-32-57)64(58-33-29-26-30-34-58)63(40-44-68(54(19)20,55(21)22)56(23)24)61(59)39-43-67(51(13)14,52(15)16)53(17)18/h25-34,45-56H,1-24H3. The Morgan fingerprint density at radius 1 is 0.250 bits per heavy atom. The van der Waals surface area contributed by atoms with Crippen LogP contribution in [-0.2, 0) is 0 Å². The summed E-state index contributed by atoms with van der Waals surface area (Å²) in [5.74, 6) is 24.2. The summed E-state index contributed by atoms with van der Waals surface area (Å²) in [5, 5.41) is 0. The lowest BCUT2D eigenvalue weighted by Crippen LogP contribution is -2.43. The Morgan fingerprint density at radius 3 is 0.735 bits per heavy atom. The molecule has 3 rings (SSSR count). The van der Waals surface area contributed by atoms with E-state index in [1.807, 2.05) is 0 Å². The summed E-state index contributed by atoms with van der Waals surface area (Å²) in [6, 6.07) is 21.4. The predicted molar refractivity (Wildman–Crippen MR) is 316 cm³/mol. The predicted octanol–water partition coefficient (Wildman–Crippen LogP) is 19.0. The van der Waals surface area contributed by atoms with Gasteiger partial charge in [-0.3, -0.25) is 0 Å². The molecule has 0 spiro atoms. The molecule has 0 unspecified atom stereocenters. The van der Waals surface area contributed by atoms with Crippen molar-refractivity contribution in [1.82, 2.24) is 0 Å². The summed E-state index contributed by atoms with van der Waals surface area (Å²) >= 11 is 0. The van der Waals surface area contributed by atoms with Crippen molar-refractivity contribution in [2.24, 2.45) is 0 Å². The number of hydrogen-bond acceptors (Lipinski definition) is 0. The van der Waals surface area contributed by atoms with Crippen molar-refractivity contribution in [3.63, 3.8) is 0 Å². The molecule has 0 aliphatic carbocycles. The molecule has 366 valence electrons. The molecule has 4 heteroatoms. The van der Waals surface area contributed by atoms with Crippen LogP contribution in [0.15, 0.2) is 60.7 Å². The summed E-state index contributed by atoms with van der Waals surface area (Å²) in [4.78, 5) is 0. The molecule has 0 atom stereocenters. The molecular weight excluding hydrogens is 881 g/mol. The van der Waals surface area contributed by atoms with E-state index < -0.39 is 32.3 Å². The summed E-state index contributed by atoms with van der Waals surface area (Å²) in [7, 11) is -9.03. The lowest BCUT2D eigenvalue weighted by molar-refractivity contribution is 0.838. The van der Waals surface area contributed by atoms with Crippen LogP contribution in [-0.4, -0.2) is 32.3 Å². The molecule has 0 aromatic heterocycles. The van der Waals surface area contributed by atoms with E-state index in [9.17, 15) is 0 Å². The van der Waals surface area contributed by atoms with E-state index in [2.05, 4.69) is 285 Å². The molecule has 3 aromatic rings. The lowest BCUT2D eigenvalue weighted by Gasteiger charge is -2.38. The van der Waals surface area contributed by atoms with Crippen LogP contribution < -0.4 is 0 Å². The number of rotatable bonds is 13. The van der Waals surface area contributed by atoms with Crippen LogP contribution in [0.3, 0.4) is 0 Å². The summed E-state index contributed by atoms with van der Waals surface area (Å²) < 4.78 is 0. The van der Waals surface area contributed by atoms with Gasteiger partial charge in [-0.1, -0.05) is 250 Å². The van der Waals surface area contributed by atoms with Crippen molar-refractivity contribution < 1.29 is 0 Å². The molecule has 0 saturated carbocycles. The molecule has 0 radical (unpaired) electrons. The average Bonchev–Trinajstić information content (AvgIpc) is 3.23. The van der Waals surface area contributed by atoms with Crippen molar-refractivity contribution in [3.8, 4) is 68.8 Å². The molecular formula is C64H94Si4. The molecule has 0 aliphatic rings. The molecule has 0 amide bonds. The second kappa shape index (κ2) is 24.4. The van der Waals surface area contributed by atoms with E-state index in [1.54, 1.807) is 0 Å². The Bertz CT molecular complexity index is 2380. The molecule has 0 fully saturated rings. The van der Waals surface area contributed by atoms with Gasteiger partial charge in [-0.2, -0.15) is 0 Å². The number of benzene rings is 3. The van der Waals surface area contributed by atoms with Gasteiger partial charge < -0.3 is 0 Å². The van der Waals surface area contributed by atoms with E-state index in [4.69, 9.17) is 0 Å². The van der Waals surface area contributed by atoms with Crippen molar-refractivity contribution in [3.05, 3.63) is 94.0 Å². The van der Waals surface area contributed by atoms with Gasteiger partial charge >= 0.3 is 0 Å². The first-order chi connectivity index (χ1) is 31.7. The normalized spacial score (nSPS) is 12.5. The highest BCUT2D eigenvalue weighted by Crippen LogP contribution is 2.46. The third-order valence-corrected chi connectivity index (χ3v) is 41.9. The summed E-state index contributed by atoms with van der Waals surface area (Å²) in [5.41, 5.74) is 30.5. The van der Waals surface area contributed by atoms with Gasteiger partial charge in [0.25, 0.3) is 0 Å². The Kier molecular flexibility index (Phi) is 21.1. The SMILES string of the molecule is CC(C)[Si](C#Cc1c(C#C[Si](C(C)C)(C(C)C)C(C)C)c(C#Cc2ccccc2)c(-c2ccccc2)c(C#C[Si](C(C)C)(C(C)C)C(C)C)c1C#C[Si](C(C)C)(C(C)C)C(C)C)(C(C)C)C(C)C. The minimum atomic E-state index is -2.26. The monoisotopic (exact) mass is 975 g/mol. The van der Waals surface area contributed by atoms with Crippen LogP contribution >= 0.6 is 0 Å². The van der Waals surface area contributed by atoms with Gasteiger partial charge in [-0.25, -0.2) is 0 Å². The zero-order valence-electron chi connectivity index (χ0n) is 47.7. The molecule has 0 saturated heterocycles. The first-order valence-electron chi connectivity index (χ1n) is 26.6. The zero-order valence-corrected chi connectivity index (χ0v) is 51.7. The zero-order chi connectivity index (χ0) is 51.7. The number of hydrogen-bond donors (Lipinski definition) is 0. The maximum atomic E-state index is 4.27. The highest BCUT2D eigenvalue weighted by molar-refractivity contribution is 6.92. The second-order valence-electron chi connectivity index (χ2n) is 23.8. The third kappa shape index (κ3) is 11.7. The molecule has 0 aliphatic heterocycles. The maximum Gasteiger partial charge on any atom is 0.146 e. The molecule has 3 aromatic carbocycles. The van der Waals surface area contributed by atoms with Crippen molar-refractivity contribution in [2.75, 3.05) is 0 Å². The van der Waals surface area contributed by atoms with Crippen LogP contribution in [0.1, 0.15) is 200 Å². The van der Waals surface area contributed by atoms with Gasteiger partial charge in [0, 0.05) is 16.7 Å². The Labute approximate surface area is 425 Å². The quantitative estimate of drug-likeness (QED) is 0.118. The fourth-order valence-corrected chi connectivity index (χ4v) is 34.2. The first-order valence-corrected chi connectivity index (χ1v) is 35.6. The van der Waals surface area contributed by atoms with Crippen LogP contribution in [0, 0.1) is 57.7 Å². The van der Waals surface area contributed by atoms with Crippen LogP contribution in [0.2, 0.25) is 66.5 Å².